The Morgan fingerprint density at radius 1 is 1.30 bits per heavy atom. The highest BCUT2D eigenvalue weighted by molar-refractivity contribution is 5.72. The Bertz CT molecular complexity index is 479. The Hall–Kier alpha value is -1.55. The van der Waals surface area contributed by atoms with Crippen molar-refractivity contribution in [3.05, 3.63) is 29.3 Å². The van der Waals surface area contributed by atoms with Crippen molar-refractivity contribution in [2.45, 2.75) is 45.8 Å². The van der Waals surface area contributed by atoms with E-state index >= 15 is 0 Å². The molecule has 110 valence electrons. The summed E-state index contributed by atoms with van der Waals surface area (Å²) in [6.07, 6.45) is 1.95. The van der Waals surface area contributed by atoms with Gasteiger partial charge in [-0.25, -0.2) is 0 Å². The van der Waals surface area contributed by atoms with Gasteiger partial charge in [0, 0.05) is 13.1 Å². The van der Waals surface area contributed by atoms with Gasteiger partial charge in [-0.15, -0.1) is 0 Å². The molecule has 1 saturated heterocycles. The van der Waals surface area contributed by atoms with E-state index in [4.69, 9.17) is 9.84 Å². The fourth-order valence-electron chi connectivity index (χ4n) is 2.52. The van der Waals surface area contributed by atoms with Crippen LogP contribution in [0.3, 0.4) is 0 Å². The van der Waals surface area contributed by atoms with Crippen molar-refractivity contribution >= 4 is 5.97 Å². The van der Waals surface area contributed by atoms with Gasteiger partial charge < -0.3 is 9.84 Å². The van der Waals surface area contributed by atoms with Crippen molar-refractivity contribution in [3.63, 3.8) is 0 Å². The van der Waals surface area contributed by atoms with Crippen LogP contribution < -0.4 is 4.74 Å². The number of nitrogens with zero attached hydrogens (tertiary/aromatic N) is 1. The molecule has 0 saturated carbocycles. The summed E-state index contributed by atoms with van der Waals surface area (Å²) in [7, 11) is 0. The average Bonchev–Trinajstić information content (AvgIpc) is 2.43. The number of hydrogen-bond donors (Lipinski definition) is 1. The van der Waals surface area contributed by atoms with Crippen LogP contribution in [-0.2, 0) is 4.79 Å². The molecule has 1 aromatic carbocycles. The van der Waals surface area contributed by atoms with Gasteiger partial charge in [-0.05, 0) is 56.9 Å². The first-order chi connectivity index (χ1) is 9.47. The highest BCUT2D eigenvalue weighted by atomic mass is 16.5. The van der Waals surface area contributed by atoms with Crippen LogP contribution in [0.15, 0.2) is 18.2 Å². The van der Waals surface area contributed by atoms with Gasteiger partial charge in [0.2, 0.25) is 0 Å². The lowest BCUT2D eigenvalue weighted by atomic mass is 10.1. The Balaban J connectivity index is 1.88. The van der Waals surface area contributed by atoms with E-state index in [0.29, 0.717) is 0 Å². The van der Waals surface area contributed by atoms with E-state index in [2.05, 4.69) is 26.0 Å². The molecule has 0 radical (unpaired) electrons. The third-order valence-electron chi connectivity index (χ3n) is 4.16. The number of carbonyl (C=O) groups is 1. The van der Waals surface area contributed by atoms with Gasteiger partial charge in [0.1, 0.15) is 17.9 Å². The minimum Gasteiger partial charge on any atom is -0.490 e. The lowest BCUT2D eigenvalue weighted by Gasteiger charge is -2.34. The molecule has 1 heterocycles. The molecule has 4 heteroatoms. The van der Waals surface area contributed by atoms with E-state index in [1.165, 1.54) is 11.1 Å². The molecule has 0 aromatic heterocycles. The van der Waals surface area contributed by atoms with Gasteiger partial charge in [0.05, 0.1) is 0 Å². The maximum Gasteiger partial charge on any atom is 0.320 e. The van der Waals surface area contributed by atoms with E-state index in [0.717, 1.165) is 31.7 Å². The molecule has 20 heavy (non-hydrogen) atoms. The molecule has 0 unspecified atom stereocenters. The summed E-state index contributed by atoms with van der Waals surface area (Å²) in [5.74, 6) is 0.163. The van der Waals surface area contributed by atoms with Crippen LogP contribution >= 0.6 is 0 Å². The summed E-state index contributed by atoms with van der Waals surface area (Å²) < 4.78 is 6.01. The minimum absolute atomic E-state index is 0.189. The smallest absolute Gasteiger partial charge is 0.320 e. The summed E-state index contributed by atoms with van der Waals surface area (Å²) in [5.41, 5.74) is 2.50. The van der Waals surface area contributed by atoms with Gasteiger partial charge in [-0.3, -0.25) is 9.69 Å². The molecule has 1 fully saturated rings. The number of aliphatic carboxylic acids is 1. The first-order valence-electron chi connectivity index (χ1n) is 7.18. The number of carboxylic acids is 1. The second-order valence-corrected chi connectivity index (χ2v) is 5.61. The first kappa shape index (κ1) is 14.9. The molecule has 1 atom stereocenters. The molecular weight excluding hydrogens is 254 g/mol. The first-order valence-corrected chi connectivity index (χ1v) is 7.18. The zero-order valence-corrected chi connectivity index (χ0v) is 12.4. The van der Waals surface area contributed by atoms with E-state index in [1.807, 2.05) is 11.0 Å². The van der Waals surface area contributed by atoms with Gasteiger partial charge in [0.15, 0.2) is 0 Å². The predicted octanol–water partition coefficient (Wildman–Crippen LogP) is 2.62. The third kappa shape index (κ3) is 3.51. The lowest BCUT2D eigenvalue weighted by Crippen LogP contribution is -2.46. The van der Waals surface area contributed by atoms with E-state index < -0.39 is 12.0 Å². The van der Waals surface area contributed by atoms with Crippen LogP contribution in [0.4, 0.5) is 0 Å². The Morgan fingerprint density at radius 2 is 1.95 bits per heavy atom. The van der Waals surface area contributed by atoms with Crippen LogP contribution in [0.2, 0.25) is 0 Å². The van der Waals surface area contributed by atoms with Crippen molar-refractivity contribution in [2.75, 3.05) is 13.1 Å². The fourth-order valence-corrected chi connectivity index (χ4v) is 2.52. The monoisotopic (exact) mass is 277 g/mol. The third-order valence-corrected chi connectivity index (χ3v) is 4.16. The van der Waals surface area contributed by atoms with Gasteiger partial charge in [0.25, 0.3) is 0 Å². The highest BCUT2D eigenvalue weighted by Crippen LogP contribution is 2.22. The second-order valence-electron chi connectivity index (χ2n) is 5.61. The molecule has 2 rings (SSSR count). The summed E-state index contributed by atoms with van der Waals surface area (Å²) in [6, 6.07) is 5.75. The summed E-state index contributed by atoms with van der Waals surface area (Å²) >= 11 is 0. The zero-order chi connectivity index (χ0) is 14.7. The van der Waals surface area contributed by atoms with Crippen molar-refractivity contribution in [1.82, 2.24) is 4.90 Å². The fraction of sp³-hybridized carbons (Fsp3) is 0.562. The number of benzene rings is 1. The van der Waals surface area contributed by atoms with Gasteiger partial charge in [-0.1, -0.05) is 6.07 Å². The van der Waals surface area contributed by atoms with Crippen LogP contribution in [0.1, 0.15) is 30.9 Å². The number of likely N-dealkylation sites (tertiary alicyclic amines) is 1. The minimum atomic E-state index is -0.751. The van der Waals surface area contributed by atoms with Crippen molar-refractivity contribution in [3.8, 4) is 5.75 Å². The molecule has 0 amide bonds. The van der Waals surface area contributed by atoms with Crippen LogP contribution in [0.25, 0.3) is 0 Å². The average molecular weight is 277 g/mol. The van der Waals surface area contributed by atoms with Crippen LogP contribution in [0, 0.1) is 13.8 Å². The Labute approximate surface area is 120 Å². The second kappa shape index (κ2) is 6.27. The number of rotatable bonds is 4. The molecule has 0 spiro atoms. The molecule has 4 nitrogen and oxygen atoms in total. The molecule has 1 N–H and O–H groups in total. The zero-order valence-electron chi connectivity index (χ0n) is 12.4. The van der Waals surface area contributed by atoms with E-state index in [9.17, 15) is 4.79 Å². The topological polar surface area (TPSA) is 49.8 Å². The molecule has 1 aliphatic heterocycles. The van der Waals surface area contributed by atoms with Gasteiger partial charge in [-0.2, -0.15) is 0 Å². The van der Waals surface area contributed by atoms with E-state index in [1.54, 1.807) is 6.92 Å². The molecular formula is C16H23NO3. The number of carboxylic acid groups (broad SMARTS) is 1. The highest BCUT2D eigenvalue weighted by Gasteiger charge is 2.27. The summed E-state index contributed by atoms with van der Waals surface area (Å²) in [5, 5.41) is 9.02. The van der Waals surface area contributed by atoms with Crippen molar-refractivity contribution in [2.24, 2.45) is 0 Å². The number of piperidine rings is 1. The molecule has 0 aliphatic carbocycles. The number of hydrogen-bond acceptors (Lipinski definition) is 3. The molecule has 0 bridgehead atoms. The molecule has 1 aliphatic rings. The number of aryl methyl sites for hydroxylation is 2. The predicted molar refractivity (Wildman–Crippen MR) is 78.2 cm³/mol. The SMILES string of the molecule is Cc1ccc(OC2CCN([C@@H](C)C(=O)O)CC2)cc1C. The lowest BCUT2D eigenvalue weighted by molar-refractivity contribution is -0.143. The molecule has 1 aromatic rings. The number of ether oxygens (including phenoxy) is 1. The van der Waals surface area contributed by atoms with E-state index in [-0.39, 0.29) is 6.10 Å². The van der Waals surface area contributed by atoms with Crippen LogP contribution in [-0.4, -0.2) is 41.2 Å². The summed E-state index contributed by atoms with van der Waals surface area (Å²) in [6.45, 7) is 7.48. The standard InChI is InChI=1S/C16H23NO3/c1-11-4-5-15(10-12(11)2)20-14-6-8-17(9-7-14)13(3)16(18)19/h4-5,10,13-14H,6-9H2,1-3H3,(H,18,19)/t13-/m0/s1. The quantitative estimate of drug-likeness (QED) is 0.919. The van der Waals surface area contributed by atoms with Crippen LogP contribution in [0.5, 0.6) is 5.75 Å². The Kier molecular flexibility index (Phi) is 4.65. The largest absolute Gasteiger partial charge is 0.490 e. The van der Waals surface area contributed by atoms with Crippen molar-refractivity contribution in [1.29, 1.82) is 0 Å². The maximum atomic E-state index is 11.0. The van der Waals surface area contributed by atoms with Gasteiger partial charge >= 0.3 is 5.97 Å². The normalized spacial score (nSPS) is 18.8. The summed E-state index contributed by atoms with van der Waals surface area (Å²) in [4.78, 5) is 13.0. The maximum absolute atomic E-state index is 11.0. The van der Waals surface area contributed by atoms with Crippen molar-refractivity contribution < 1.29 is 14.6 Å². The Morgan fingerprint density at radius 3 is 2.50 bits per heavy atom.